The highest BCUT2D eigenvalue weighted by molar-refractivity contribution is 6.29. The number of nitrogens with zero attached hydrogens (tertiary/aromatic N) is 5. The summed E-state index contributed by atoms with van der Waals surface area (Å²) in [5, 5.41) is 17.2. The van der Waals surface area contributed by atoms with Crippen LogP contribution >= 0.6 is 11.6 Å². The number of carbonyl (C=O) groups excluding carboxylic acids is 1. The van der Waals surface area contributed by atoms with Crippen LogP contribution in [0.4, 0.5) is 5.82 Å². The van der Waals surface area contributed by atoms with Gasteiger partial charge in [0.1, 0.15) is 31.8 Å². The average molecular weight is 502 g/mol. The lowest BCUT2D eigenvalue weighted by molar-refractivity contribution is -1.10. The van der Waals surface area contributed by atoms with Gasteiger partial charge in [0.25, 0.3) is 5.91 Å². The van der Waals surface area contributed by atoms with E-state index in [4.69, 9.17) is 21.2 Å². The van der Waals surface area contributed by atoms with Gasteiger partial charge in [-0.1, -0.05) is 11.6 Å². The van der Waals surface area contributed by atoms with Crippen molar-refractivity contribution in [2.45, 2.75) is 18.9 Å². The fourth-order valence-electron chi connectivity index (χ4n) is 4.85. The molecule has 2 aromatic rings. The van der Waals surface area contributed by atoms with Gasteiger partial charge in [-0.25, -0.2) is 20.2 Å². The van der Waals surface area contributed by atoms with Gasteiger partial charge in [-0.3, -0.25) is 9.63 Å². The first-order chi connectivity index (χ1) is 16.9. The van der Waals surface area contributed by atoms with Crippen molar-refractivity contribution in [1.29, 1.82) is 0 Å². The van der Waals surface area contributed by atoms with E-state index in [9.17, 15) is 10.0 Å². The number of rotatable bonds is 1. The number of piperazine rings is 1. The van der Waals surface area contributed by atoms with Crippen LogP contribution in [0.25, 0.3) is 10.9 Å². The molecule has 10 nitrogen and oxygen atoms in total. The van der Waals surface area contributed by atoms with Crippen molar-refractivity contribution in [3.8, 4) is 5.75 Å². The number of hydroxylamine groups is 4. The van der Waals surface area contributed by atoms with E-state index in [1.54, 1.807) is 7.11 Å². The van der Waals surface area contributed by atoms with Gasteiger partial charge in [0.05, 0.1) is 38.3 Å². The average Bonchev–Trinajstić information content (AvgIpc) is 2.84. The molecule has 0 saturated carbocycles. The van der Waals surface area contributed by atoms with Gasteiger partial charge in [-0.2, -0.15) is 4.65 Å². The lowest BCUT2D eigenvalue weighted by Crippen LogP contribution is -2.60. The molecular weight excluding hydrogens is 472 g/mol. The first kappa shape index (κ1) is 23.8. The van der Waals surface area contributed by atoms with Crippen LogP contribution in [0.5, 0.6) is 5.75 Å². The third-order valence-electron chi connectivity index (χ3n) is 6.71. The summed E-state index contributed by atoms with van der Waals surface area (Å²) < 4.78 is 5.61. The summed E-state index contributed by atoms with van der Waals surface area (Å²) in [7, 11) is 1.64. The van der Waals surface area contributed by atoms with Crippen LogP contribution in [0.3, 0.4) is 0 Å². The van der Waals surface area contributed by atoms with Crippen molar-refractivity contribution in [2.24, 2.45) is 0 Å². The van der Waals surface area contributed by atoms with Gasteiger partial charge >= 0.3 is 0 Å². The predicted octanol–water partition coefficient (Wildman–Crippen LogP) is 2.20. The minimum atomic E-state index is -0.280. The summed E-state index contributed by atoms with van der Waals surface area (Å²) in [5.74, 6) is 1.09. The van der Waals surface area contributed by atoms with Gasteiger partial charge in [0.15, 0.2) is 12.4 Å². The van der Waals surface area contributed by atoms with Gasteiger partial charge in [-0.15, -0.1) is 0 Å². The molecule has 2 N–H and O–H groups in total. The standard InChI is InChI=1S/C24H29ClN6O4/c1-34-30-22-5-2-18(25)12-17(22)14-29-7-9-31(33,10-8-29)15-23(32)26-6-11-35-19-3-4-21-20(13-19)24(30)28-16-27-21/h3-4,12-14,16,22,33H,2,5-11,15H2,1H3/p+1/b17-14+. The zero-order valence-electron chi connectivity index (χ0n) is 19.7. The molecule has 4 bridgehead atoms. The molecule has 0 radical (unpaired) electrons. The highest BCUT2D eigenvalue weighted by Crippen LogP contribution is 2.35. The molecule has 186 valence electrons. The predicted molar refractivity (Wildman–Crippen MR) is 131 cm³/mol. The Hall–Kier alpha value is -2.92. The summed E-state index contributed by atoms with van der Waals surface area (Å²) in [4.78, 5) is 29.5. The van der Waals surface area contributed by atoms with Gasteiger partial charge in [0, 0.05) is 16.6 Å². The second-order valence-corrected chi connectivity index (χ2v) is 9.58. The summed E-state index contributed by atoms with van der Waals surface area (Å²) in [6.45, 7) is 2.77. The number of allylic oxidation sites excluding steroid dienone is 1. The number of fused-ring (bicyclic) bond motifs is 7. The van der Waals surface area contributed by atoms with Crippen molar-refractivity contribution < 1.29 is 24.2 Å². The lowest BCUT2D eigenvalue weighted by Gasteiger charge is -2.39. The van der Waals surface area contributed by atoms with E-state index < -0.39 is 0 Å². The highest BCUT2D eigenvalue weighted by Gasteiger charge is 2.35. The number of quaternary nitrogens is 1. The molecule has 1 saturated heterocycles. The summed E-state index contributed by atoms with van der Waals surface area (Å²) >= 11 is 6.46. The Morgan fingerprint density at radius 3 is 2.91 bits per heavy atom. The fourth-order valence-corrected chi connectivity index (χ4v) is 5.08. The molecule has 3 aliphatic heterocycles. The SMILES string of the molecule is CON1c2ncnc3ccc(cc23)OCCNC(=O)C[N+]2(O)CCN(/C=C3\C=C(Cl)CCC31)CC2. The Morgan fingerprint density at radius 1 is 1.29 bits per heavy atom. The van der Waals surface area contributed by atoms with Crippen LogP contribution in [-0.4, -0.2) is 89.7 Å². The van der Waals surface area contributed by atoms with Crippen LogP contribution in [0.15, 0.2) is 47.4 Å². The van der Waals surface area contributed by atoms with Gasteiger partial charge in [-0.05, 0) is 42.7 Å². The number of halogens is 1. The van der Waals surface area contributed by atoms with Gasteiger partial charge < -0.3 is 15.0 Å². The fraction of sp³-hybridized carbons (Fsp3) is 0.458. The van der Waals surface area contributed by atoms with E-state index in [0.29, 0.717) is 50.9 Å². The molecule has 1 aromatic heterocycles. The Bertz CT molecular complexity index is 1160. The van der Waals surface area contributed by atoms with Crippen molar-refractivity contribution >= 4 is 34.2 Å². The molecule has 11 heteroatoms. The van der Waals surface area contributed by atoms with E-state index in [0.717, 1.165) is 34.3 Å². The number of ether oxygens (including phenoxy) is 1. The Morgan fingerprint density at radius 2 is 2.11 bits per heavy atom. The van der Waals surface area contributed by atoms with Crippen LogP contribution < -0.4 is 15.1 Å². The van der Waals surface area contributed by atoms with E-state index in [-0.39, 0.29) is 23.1 Å². The normalized spacial score (nSPS) is 27.3. The van der Waals surface area contributed by atoms with Crippen molar-refractivity contribution in [2.75, 3.05) is 58.0 Å². The number of hydrogen-bond donors (Lipinski definition) is 2. The molecule has 1 aromatic carbocycles. The maximum atomic E-state index is 12.4. The van der Waals surface area contributed by atoms with Crippen molar-refractivity contribution in [3.05, 3.63) is 47.4 Å². The zero-order chi connectivity index (χ0) is 24.4. The Labute approximate surface area is 208 Å². The number of amides is 1. The maximum absolute atomic E-state index is 12.4. The molecule has 35 heavy (non-hydrogen) atoms. The molecule has 4 aliphatic rings. The third kappa shape index (κ3) is 5.20. The number of carbonyl (C=O) groups is 1. The van der Waals surface area contributed by atoms with Crippen molar-refractivity contribution in [3.63, 3.8) is 0 Å². The minimum Gasteiger partial charge on any atom is -0.492 e. The van der Waals surface area contributed by atoms with Crippen LogP contribution in [0, 0.1) is 0 Å². The number of anilines is 1. The van der Waals surface area contributed by atoms with Gasteiger partial charge in [0.2, 0.25) is 0 Å². The zero-order valence-corrected chi connectivity index (χ0v) is 20.4. The molecule has 1 unspecified atom stereocenters. The summed E-state index contributed by atoms with van der Waals surface area (Å²) in [6, 6.07) is 5.50. The lowest BCUT2D eigenvalue weighted by atomic mass is 9.95. The quantitative estimate of drug-likeness (QED) is 0.574. The van der Waals surface area contributed by atoms with E-state index in [1.807, 2.05) is 29.3 Å². The van der Waals surface area contributed by atoms with Crippen LogP contribution in [-0.2, 0) is 9.63 Å². The first-order valence-corrected chi connectivity index (χ1v) is 12.2. The molecule has 1 fully saturated rings. The second-order valence-electron chi connectivity index (χ2n) is 9.09. The number of hydrogen-bond acceptors (Lipinski definition) is 8. The highest BCUT2D eigenvalue weighted by atomic mass is 35.5. The largest absolute Gasteiger partial charge is 0.492 e. The minimum absolute atomic E-state index is 0.0207. The molecular formula is C24H30ClN6O4+. The smallest absolute Gasteiger partial charge is 0.278 e. The molecule has 4 heterocycles. The van der Waals surface area contributed by atoms with Crippen LogP contribution in [0.1, 0.15) is 12.8 Å². The van der Waals surface area contributed by atoms with E-state index >= 15 is 0 Å². The Kier molecular flexibility index (Phi) is 6.79. The van der Waals surface area contributed by atoms with Crippen LogP contribution in [0.2, 0.25) is 0 Å². The summed E-state index contributed by atoms with van der Waals surface area (Å²) in [5.41, 5.74) is 1.77. The number of nitrogens with one attached hydrogen (secondary N) is 1. The van der Waals surface area contributed by atoms with E-state index in [2.05, 4.69) is 26.4 Å². The third-order valence-corrected chi connectivity index (χ3v) is 7.01. The topological polar surface area (TPSA) is 100 Å². The molecule has 1 amide bonds. The maximum Gasteiger partial charge on any atom is 0.278 e. The summed E-state index contributed by atoms with van der Waals surface area (Å²) in [6.07, 6.45) is 7.09. The monoisotopic (exact) mass is 501 g/mol. The van der Waals surface area contributed by atoms with Crippen molar-refractivity contribution in [1.82, 2.24) is 20.2 Å². The molecule has 1 atom stereocenters. The number of benzene rings is 1. The number of aromatic nitrogens is 2. The molecule has 6 rings (SSSR count). The first-order valence-electron chi connectivity index (χ1n) is 11.8. The van der Waals surface area contributed by atoms with E-state index in [1.165, 1.54) is 6.33 Å². The second kappa shape index (κ2) is 9.98. The molecule has 0 spiro atoms. The molecule has 1 aliphatic carbocycles. The Balaban J connectivity index is 1.57.